The van der Waals surface area contributed by atoms with Gasteiger partial charge in [0.15, 0.2) is 11.8 Å². The van der Waals surface area contributed by atoms with Gasteiger partial charge in [-0.1, -0.05) is 18.2 Å². The highest BCUT2D eigenvalue weighted by Crippen LogP contribution is 2.12. The number of halogens is 1. The van der Waals surface area contributed by atoms with E-state index < -0.39 is 0 Å². The van der Waals surface area contributed by atoms with E-state index in [-0.39, 0.29) is 24.0 Å². The quantitative estimate of drug-likeness (QED) is 0.275. The van der Waals surface area contributed by atoms with Crippen molar-refractivity contribution in [2.75, 3.05) is 31.6 Å². The van der Waals surface area contributed by atoms with Crippen molar-refractivity contribution in [3.05, 3.63) is 42.5 Å². The van der Waals surface area contributed by atoms with Crippen molar-refractivity contribution in [3.8, 4) is 0 Å². The molecule has 0 fully saturated rings. The van der Waals surface area contributed by atoms with Crippen molar-refractivity contribution in [1.29, 1.82) is 0 Å². The number of anilines is 1. The van der Waals surface area contributed by atoms with Crippen molar-refractivity contribution < 1.29 is 0 Å². The average Bonchev–Trinajstić information content (AvgIpc) is 3.03. The highest BCUT2D eigenvalue weighted by molar-refractivity contribution is 14.0. The van der Waals surface area contributed by atoms with Crippen molar-refractivity contribution >= 4 is 35.6 Å². The molecule has 0 atom stereocenters. The fourth-order valence-corrected chi connectivity index (χ4v) is 2.44. The Morgan fingerprint density at radius 2 is 2.00 bits per heavy atom. The fraction of sp³-hybridized carbons (Fsp3) is 0.471. The molecule has 1 aromatic heterocycles. The van der Waals surface area contributed by atoms with Crippen LogP contribution in [0.15, 0.2) is 41.7 Å². The van der Waals surface area contributed by atoms with Crippen molar-refractivity contribution in [2.24, 2.45) is 12.0 Å². The summed E-state index contributed by atoms with van der Waals surface area (Å²) in [7, 11) is 3.70. The minimum absolute atomic E-state index is 0. The molecular weight excluding hydrogens is 429 g/mol. The minimum atomic E-state index is 0. The van der Waals surface area contributed by atoms with Crippen LogP contribution >= 0.6 is 24.0 Å². The number of hydrogen-bond donors (Lipinski definition) is 2. The first kappa shape index (κ1) is 21.2. The summed E-state index contributed by atoms with van der Waals surface area (Å²) in [5.41, 5.74) is 1.27. The standard InChI is InChI=1S/C17H27N7.HI/c1-4-24(15-9-6-5-7-10-15)12-8-11-19-17(18-2)20-13-16-22-21-14-23(16)3;/h5-7,9-10,14H,4,8,11-13H2,1-3H3,(H2,18,19,20);1H. The molecule has 8 heteroatoms. The van der Waals surface area contributed by atoms with Crippen LogP contribution in [0.25, 0.3) is 0 Å². The zero-order valence-electron chi connectivity index (χ0n) is 15.1. The predicted octanol–water partition coefficient (Wildman–Crippen LogP) is 2.01. The molecule has 2 aromatic rings. The van der Waals surface area contributed by atoms with Crippen LogP contribution in [-0.2, 0) is 13.6 Å². The van der Waals surface area contributed by atoms with Gasteiger partial charge in [-0.15, -0.1) is 34.2 Å². The second kappa shape index (κ2) is 11.7. The molecule has 0 spiro atoms. The maximum Gasteiger partial charge on any atom is 0.191 e. The zero-order chi connectivity index (χ0) is 17.2. The van der Waals surface area contributed by atoms with Gasteiger partial charge in [-0.3, -0.25) is 4.99 Å². The Labute approximate surface area is 166 Å². The number of benzene rings is 1. The number of para-hydroxylation sites is 1. The van der Waals surface area contributed by atoms with Gasteiger partial charge in [-0.05, 0) is 25.5 Å². The summed E-state index contributed by atoms with van der Waals surface area (Å²) in [6.45, 7) is 5.65. The van der Waals surface area contributed by atoms with Crippen LogP contribution < -0.4 is 15.5 Å². The molecule has 0 aliphatic heterocycles. The van der Waals surface area contributed by atoms with E-state index in [4.69, 9.17) is 0 Å². The number of nitrogens with zero attached hydrogens (tertiary/aromatic N) is 5. The first-order valence-electron chi connectivity index (χ1n) is 8.32. The number of aromatic nitrogens is 3. The molecule has 0 unspecified atom stereocenters. The molecule has 0 aliphatic rings. The average molecular weight is 457 g/mol. The molecular formula is C17H28IN7. The summed E-state index contributed by atoms with van der Waals surface area (Å²) in [6.07, 6.45) is 2.73. The van der Waals surface area contributed by atoms with Crippen LogP contribution in [0.3, 0.4) is 0 Å². The van der Waals surface area contributed by atoms with E-state index in [2.05, 4.69) is 61.9 Å². The summed E-state index contributed by atoms with van der Waals surface area (Å²) in [5, 5.41) is 14.5. The summed E-state index contributed by atoms with van der Waals surface area (Å²) in [5.74, 6) is 1.65. The van der Waals surface area contributed by atoms with Crippen molar-refractivity contribution in [2.45, 2.75) is 19.9 Å². The molecule has 0 bridgehead atoms. The molecule has 0 aliphatic carbocycles. The summed E-state index contributed by atoms with van der Waals surface area (Å²) < 4.78 is 1.89. The molecule has 0 radical (unpaired) electrons. The van der Waals surface area contributed by atoms with Gasteiger partial charge in [0, 0.05) is 39.4 Å². The van der Waals surface area contributed by atoms with Gasteiger partial charge in [-0.2, -0.15) is 0 Å². The van der Waals surface area contributed by atoms with Crippen LogP contribution in [0.1, 0.15) is 19.2 Å². The Morgan fingerprint density at radius 3 is 2.60 bits per heavy atom. The van der Waals surface area contributed by atoms with Crippen LogP contribution in [-0.4, -0.2) is 47.4 Å². The van der Waals surface area contributed by atoms with Crippen LogP contribution in [0, 0.1) is 0 Å². The Morgan fingerprint density at radius 1 is 1.24 bits per heavy atom. The maximum atomic E-state index is 4.24. The van der Waals surface area contributed by atoms with Gasteiger partial charge in [0.25, 0.3) is 0 Å². The SMILES string of the molecule is CCN(CCCNC(=NC)NCc1nncn1C)c1ccccc1.I. The smallest absolute Gasteiger partial charge is 0.191 e. The molecule has 138 valence electrons. The second-order valence-electron chi connectivity index (χ2n) is 5.48. The lowest BCUT2D eigenvalue weighted by Crippen LogP contribution is -2.38. The van der Waals surface area contributed by atoms with E-state index in [9.17, 15) is 0 Å². The summed E-state index contributed by atoms with van der Waals surface area (Å²) >= 11 is 0. The number of aliphatic imine (C=N–C) groups is 1. The van der Waals surface area contributed by atoms with Crippen LogP contribution in [0.5, 0.6) is 0 Å². The molecule has 2 rings (SSSR count). The van der Waals surface area contributed by atoms with E-state index in [1.165, 1.54) is 5.69 Å². The molecule has 25 heavy (non-hydrogen) atoms. The fourth-order valence-electron chi connectivity index (χ4n) is 2.44. The third kappa shape index (κ3) is 6.89. The van der Waals surface area contributed by atoms with E-state index in [0.717, 1.165) is 37.8 Å². The number of aryl methyl sites for hydroxylation is 1. The molecule has 2 N–H and O–H groups in total. The van der Waals surface area contributed by atoms with E-state index in [0.29, 0.717) is 6.54 Å². The van der Waals surface area contributed by atoms with Gasteiger partial charge in [0.05, 0.1) is 6.54 Å². The van der Waals surface area contributed by atoms with Crippen LogP contribution in [0.2, 0.25) is 0 Å². The number of rotatable bonds is 8. The first-order valence-corrected chi connectivity index (χ1v) is 8.32. The van der Waals surface area contributed by atoms with Gasteiger partial charge < -0.3 is 20.1 Å². The van der Waals surface area contributed by atoms with Gasteiger partial charge in [0.1, 0.15) is 6.33 Å². The van der Waals surface area contributed by atoms with E-state index in [1.807, 2.05) is 17.7 Å². The Bertz CT molecular complexity index is 627. The Hall–Kier alpha value is -1.84. The van der Waals surface area contributed by atoms with Crippen molar-refractivity contribution in [3.63, 3.8) is 0 Å². The van der Waals surface area contributed by atoms with E-state index >= 15 is 0 Å². The topological polar surface area (TPSA) is 70.4 Å². The molecule has 0 saturated heterocycles. The summed E-state index contributed by atoms with van der Waals surface area (Å²) in [6, 6.07) is 10.5. The number of hydrogen-bond acceptors (Lipinski definition) is 4. The maximum absolute atomic E-state index is 4.24. The lowest BCUT2D eigenvalue weighted by atomic mass is 10.2. The zero-order valence-corrected chi connectivity index (χ0v) is 17.5. The molecule has 0 saturated carbocycles. The van der Waals surface area contributed by atoms with Gasteiger partial charge >= 0.3 is 0 Å². The predicted molar refractivity (Wildman–Crippen MR) is 114 cm³/mol. The van der Waals surface area contributed by atoms with Gasteiger partial charge in [0.2, 0.25) is 0 Å². The highest BCUT2D eigenvalue weighted by atomic mass is 127. The second-order valence-corrected chi connectivity index (χ2v) is 5.48. The highest BCUT2D eigenvalue weighted by Gasteiger charge is 2.05. The van der Waals surface area contributed by atoms with Gasteiger partial charge in [-0.25, -0.2) is 0 Å². The minimum Gasteiger partial charge on any atom is -0.372 e. The van der Waals surface area contributed by atoms with Crippen molar-refractivity contribution in [1.82, 2.24) is 25.4 Å². The number of guanidine groups is 1. The molecule has 0 amide bonds. The third-order valence-corrected chi connectivity index (χ3v) is 3.84. The Balaban J connectivity index is 0.00000312. The largest absolute Gasteiger partial charge is 0.372 e. The molecule has 7 nitrogen and oxygen atoms in total. The normalized spacial score (nSPS) is 10.9. The summed E-state index contributed by atoms with van der Waals surface area (Å²) in [4.78, 5) is 6.61. The molecule has 1 heterocycles. The lowest BCUT2D eigenvalue weighted by Gasteiger charge is -2.23. The third-order valence-electron chi connectivity index (χ3n) is 3.84. The lowest BCUT2D eigenvalue weighted by molar-refractivity contribution is 0.693. The number of nitrogens with one attached hydrogen (secondary N) is 2. The first-order chi connectivity index (χ1) is 11.7. The van der Waals surface area contributed by atoms with Crippen LogP contribution in [0.4, 0.5) is 5.69 Å². The Kier molecular flexibility index (Phi) is 9.90. The monoisotopic (exact) mass is 457 g/mol. The van der Waals surface area contributed by atoms with E-state index in [1.54, 1.807) is 13.4 Å². The molecule has 1 aromatic carbocycles.